The summed E-state index contributed by atoms with van der Waals surface area (Å²) in [5, 5.41) is 1.04. The summed E-state index contributed by atoms with van der Waals surface area (Å²) in [6, 6.07) is 0.514. The summed E-state index contributed by atoms with van der Waals surface area (Å²) in [5.41, 5.74) is 6.92. The van der Waals surface area contributed by atoms with Crippen molar-refractivity contribution in [2.24, 2.45) is 5.73 Å². The van der Waals surface area contributed by atoms with Crippen molar-refractivity contribution in [3.8, 4) is 0 Å². The fraction of sp³-hybridized carbons (Fsp3) is 0.667. The Balaban J connectivity index is 0.00000162. The quantitative estimate of drug-likeness (QED) is 0.858. The Morgan fingerprint density at radius 2 is 2.17 bits per heavy atom. The number of hydrogen-bond donors (Lipinski definition) is 1. The SMILES string of the molecule is CSc1nccnc1CN1CCCCC1CN.Cl. The summed E-state index contributed by atoms with van der Waals surface area (Å²) in [6.07, 6.45) is 9.36. The van der Waals surface area contributed by atoms with Crippen molar-refractivity contribution in [1.82, 2.24) is 14.9 Å². The molecule has 1 unspecified atom stereocenters. The molecule has 0 aliphatic carbocycles. The molecule has 1 atom stereocenters. The van der Waals surface area contributed by atoms with Gasteiger partial charge in [0, 0.05) is 31.5 Å². The van der Waals surface area contributed by atoms with Gasteiger partial charge in [0.2, 0.25) is 0 Å². The molecule has 2 heterocycles. The molecule has 0 saturated carbocycles. The van der Waals surface area contributed by atoms with Crippen LogP contribution in [0.2, 0.25) is 0 Å². The maximum atomic E-state index is 5.83. The van der Waals surface area contributed by atoms with E-state index >= 15 is 0 Å². The molecular formula is C12H21ClN4S. The van der Waals surface area contributed by atoms with E-state index in [2.05, 4.69) is 14.9 Å². The summed E-state index contributed by atoms with van der Waals surface area (Å²) in [5.74, 6) is 0. The lowest BCUT2D eigenvalue weighted by molar-refractivity contribution is 0.141. The number of nitrogens with zero attached hydrogens (tertiary/aromatic N) is 3. The maximum absolute atomic E-state index is 5.83. The minimum absolute atomic E-state index is 0. The van der Waals surface area contributed by atoms with Gasteiger partial charge in [0.1, 0.15) is 5.03 Å². The van der Waals surface area contributed by atoms with E-state index in [-0.39, 0.29) is 12.4 Å². The lowest BCUT2D eigenvalue weighted by Gasteiger charge is -2.34. The van der Waals surface area contributed by atoms with Crippen LogP contribution in [-0.2, 0) is 6.54 Å². The molecule has 102 valence electrons. The molecule has 1 aromatic rings. The van der Waals surface area contributed by atoms with Crippen LogP contribution in [0.25, 0.3) is 0 Å². The van der Waals surface area contributed by atoms with E-state index in [1.165, 1.54) is 19.3 Å². The van der Waals surface area contributed by atoms with Gasteiger partial charge >= 0.3 is 0 Å². The van der Waals surface area contributed by atoms with Gasteiger partial charge in [-0.3, -0.25) is 9.88 Å². The molecule has 0 aromatic carbocycles. The predicted molar refractivity (Wildman–Crippen MR) is 78.2 cm³/mol. The van der Waals surface area contributed by atoms with E-state index in [1.54, 1.807) is 24.2 Å². The second kappa shape index (κ2) is 7.94. The molecule has 1 aromatic heterocycles. The lowest BCUT2D eigenvalue weighted by Crippen LogP contribution is -2.43. The molecule has 6 heteroatoms. The zero-order valence-corrected chi connectivity index (χ0v) is 12.3. The van der Waals surface area contributed by atoms with Gasteiger partial charge in [0.15, 0.2) is 0 Å². The van der Waals surface area contributed by atoms with Gasteiger partial charge in [0.05, 0.1) is 5.69 Å². The normalized spacial score (nSPS) is 20.4. The Morgan fingerprint density at radius 1 is 1.39 bits per heavy atom. The van der Waals surface area contributed by atoms with Gasteiger partial charge in [-0.25, -0.2) is 4.98 Å². The Kier molecular flexibility index (Phi) is 6.92. The molecular weight excluding hydrogens is 268 g/mol. The van der Waals surface area contributed by atoms with Crippen LogP contribution in [0.4, 0.5) is 0 Å². The van der Waals surface area contributed by atoms with E-state index in [1.807, 2.05) is 6.26 Å². The average molecular weight is 289 g/mol. The molecule has 1 saturated heterocycles. The Labute approximate surface area is 119 Å². The third kappa shape index (κ3) is 3.82. The van der Waals surface area contributed by atoms with E-state index < -0.39 is 0 Å². The van der Waals surface area contributed by atoms with E-state index in [4.69, 9.17) is 5.73 Å². The van der Waals surface area contributed by atoms with Gasteiger partial charge in [-0.1, -0.05) is 6.42 Å². The number of halogens is 1. The molecule has 0 spiro atoms. The molecule has 0 bridgehead atoms. The van der Waals surface area contributed by atoms with E-state index in [0.717, 1.165) is 30.4 Å². The zero-order valence-electron chi connectivity index (χ0n) is 10.7. The average Bonchev–Trinajstić information content (AvgIpc) is 2.40. The molecule has 2 N–H and O–H groups in total. The first kappa shape index (κ1) is 15.7. The molecule has 1 aliphatic heterocycles. The molecule has 18 heavy (non-hydrogen) atoms. The maximum Gasteiger partial charge on any atom is 0.119 e. The number of rotatable bonds is 4. The smallest absolute Gasteiger partial charge is 0.119 e. The van der Waals surface area contributed by atoms with Gasteiger partial charge in [-0.15, -0.1) is 24.2 Å². The number of piperidine rings is 1. The first-order valence-corrected chi connectivity index (χ1v) is 7.35. The lowest BCUT2D eigenvalue weighted by atomic mass is 10.0. The fourth-order valence-corrected chi connectivity index (χ4v) is 2.88. The van der Waals surface area contributed by atoms with Gasteiger partial charge in [-0.05, 0) is 25.6 Å². The van der Waals surface area contributed by atoms with E-state index in [9.17, 15) is 0 Å². The topological polar surface area (TPSA) is 55.0 Å². The predicted octanol–water partition coefficient (Wildman–Crippen LogP) is 1.93. The Hall–Kier alpha value is -0.360. The highest BCUT2D eigenvalue weighted by molar-refractivity contribution is 7.98. The highest BCUT2D eigenvalue weighted by Gasteiger charge is 2.22. The van der Waals surface area contributed by atoms with Crippen LogP contribution in [0.15, 0.2) is 17.4 Å². The first-order valence-electron chi connectivity index (χ1n) is 6.13. The van der Waals surface area contributed by atoms with Crippen molar-refractivity contribution in [3.05, 3.63) is 18.1 Å². The number of aromatic nitrogens is 2. The third-order valence-corrected chi connectivity index (χ3v) is 4.03. The summed E-state index contributed by atoms with van der Waals surface area (Å²) >= 11 is 1.66. The van der Waals surface area contributed by atoms with Gasteiger partial charge in [0.25, 0.3) is 0 Å². The largest absolute Gasteiger partial charge is 0.329 e. The van der Waals surface area contributed by atoms with Gasteiger partial charge in [-0.2, -0.15) is 0 Å². The van der Waals surface area contributed by atoms with Crippen molar-refractivity contribution in [1.29, 1.82) is 0 Å². The first-order chi connectivity index (χ1) is 8.35. The molecule has 0 radical (unpaired) electrons. The van der Waals surface area contributed by atoms with Crippen molar-refractivity contribution in [2.75, 3.05) is 19.3 Å². The highest BCUT2D eigenvalue weighted by atomic mass is 35.5. The van der Waals surface area contributed by atoms with Crippen molar-refractivity contribution < 1.29 is 0 Å². The molecule has 1 fully saturated rings. The third-order valence-electron chi connectivity index (χ3n) is 3.30. The van der Waals surface area contributed by atoms with Crippen LogP contribution in [0, 0.1) is 0 Å². The van der Waals surface area contributed by atoms with Crippen LogP contribution >= 0.6 is 24.2 Å². The zero-order chi connectivity index (χ0) is 12.1. The fourth-order valence-electron chi connectivity index (χ4n) is 2.36. The summed E-state index contributed by atoms with van der Waals surface area (Å²) in [4.78, 5) is 11.3. The Morgan fingerprint density at radius 3 is 2.89 bits per heavy atom. The van der Waals surface area contributed by atoms with Crippen molar-refractivity contribution in [2.45, 2.75) is 36.9 Å². The van der Waals surface area contributed by atoms with Gasteiger partial charge < -0.3 is 5.73 Å². The minimum atomic E-state index is 0. The number of nitrogens with two attached hydrogens (primary N) is 1. The van der Waals surface area contributed by atoms with Crippen LogP contribution in [0.1, 0.15) is 25.0 Å². The second-order valence-electron chi connectivity index (χ2n) is 4.37. The number of thioether (sulfide) groups is 1. The summed E-state index contributed by atoms with van der Waals surface area (Å²) in [6.45, 7) is 2.76. The van der Waals surface area contributed by atoms with Crippen LogP contribution in [-0.4, -0.2) is 40.3 Å². The Bertz CT molecular complexity index is 364. The second-order valence-corrected chi connectivity index (χ2v) is 5.16. The van der Waals surface area contributed by atoms with E-state index in [0.29, 0.717) is 6.04 Å². The van der Waals surface area contributed by atoms with Crippen LogP contribution < -0.4 is 5.73 Å². The molecule has 2 rings (SSSR count). The molecule has 4 nitrogen and oxygen atoms in total. The minimum Gasteiger partial charge on any atom is -0.329 e. The standard InChI is InChI=1S/C12H20N4S.ClH/c1-17-12-11(14-5-6-15-12)9-16-7-3-2-4-10(16)8-13;/h5-6,10H,2-4,7-9,13H2,1H3;1H. The monoisotopic (exact) mass is 288 g/mol. The number of hydrogen-bond acceptors (Lipinski definition) is 5. The highest BCUT2D eigenvalue weighted by Crippen LogP contribution is 2.21. The number of likely N-dealkylation sites (tertiary alicyclic amines) is 1. The molecule has 1 aliphatic rings. The summed E-state index contributed by atoms with van der Waals surface area (Å²) < 4.78 is 0. The summed E-state index contributed by atoms with van der Waals surface area (Å²) in [7, 11) is 0. The van der Waals surface area contributed by atoms with Crippen molar-refractivity contribution >= 4 is 24.2 Å². The van der Waals surface area contributed by atoms with Crippen molar-refractivity contribution in [3.63, 3.8) is 0 Å². The molecule has 0 amide bonds. The van der Waals surface area contributed by atoms with Crippen LogP contribution in [0.3, 0.4) is 0 Å². The van der Waals surface area contributed by atoms with Crippen LogP contribution in [0.5, 0.6) is 0 Å².